The molecule has 32 heavy (non-hydrogen) atoms. The predicted molar refractivity (Wildman–Crippen MR) is 123 cm³/mol. The molecule has 0 bridgehead atoms. The zero-order valence-electron chi connectivity index (χ0n) is 18.9. The lowest BCUT2D eigenvalue weighted by atomic mass is 9.80. The Hall–Kier alpha value is -2.18. The Morgan fingerprint density at radius 1 is 1.12 bits per heavy atom. The Labute approximate surface area is 190 Å². The molecule has 6 nitrogen and oxygen atoms in total. The van der Waals surface area contributed by atoms with Crippen molar-refractivity contribution in [2.45, 2.75) is 82.5 Å². The Morgan fingerprint density at radius 2 is 2.00 bits per heavy atom. The maximum atomic E-state index is 13.0. The minimum Gasteiger partial charge on any atom is -0.380 e. The van der Waals surface area contributed by atoms with Crippen molar-refractivity contribution in [2.75, 3.05) is 13.2 Å². The number of hydrogen-bond donors (Lipinski definition) is 2. The van der Waals surface area contributed by atoms with Gasteiger partial charge >= 0.3 is 0 Å². The molecule has 0 radical (unpaired) electrons. The van der Waals surface area contributed by atoms with Gasteiger partial charge in [0.1, 0.15) is 6.04 Å². The monoisotopic (exact) mass is 437 g/mol. The van der Waals surface area contributed by atoms with Gasteiger partial charge in [0.2, 0.25) is 5.91 Å². The third-order valence-corrected chi connectivity index (χ3v) is 7.72. The molecule has 3 heterocycles. The van der Waals surface area contributed by atoms with Crippen molar-refractivity contribution in [3.63, 3.8) is 0 Å². The first kappa shape index (κ1) is 21.7. The van der Waals surface area contributed by atoms with Gasteiger partial charge in [-0.2, -0.15) is 0 Å². The average molecular weight is 438 g/mol. The van der Waals surface area contributed by atoms with Crippen LogP contribution in [-0.4, -0.2) is 48.1 Å². The molecule has 3 aliphatic heterocycles. The predicted octanol–water partition coefficient (Wildman–Crippen LogP) is 3.30. The maximum absolute atomic E-state index is 13.0. The van der Waals surface area contributed by atoms with Crippen LogP contribution in [0, 0.1) is 5.92 Å². The summed E-state index contributed by atoms with van der Waals surface area (Å²) in [6.07, 6.45) is 9.85. The van der Waals surface area contributed by atoms with E-state index in [-0.39, 0.29) is 11.8 Å². The van der Waals surface area contributed by atoms with E-state index >= 15 is 0 Å². The van der Waals surface area contributed by atoms with Crippen LogP contribution in [0.4, 0.5) is 0 Å². The number of fused-ring (bicyclic) bond motifs is 1. The molecule has 3 fully saturated rings. The fourth-order valence-corrected chi connectivity index (χ4v) is 5.98. The third kappa shape index (κ3) is 4.48. The molecule has 4 atom stereocenters. The van der Waals surface area contributed by atoms with Crippen LogP contribution in [0.5, 0.6) is 0 Å². The summed E-state index contributed by atoms with van der Waals surface area (Å²) in [6.45, 7) is 6.11. The molecule has 1 aliphatic carbocycles. The fraction of sp³-hybridized carbons (Fsp3) is 0.615. The minimum absolute atomic E-state index is 0.0197. The van der Waals surface area contributed by atoms with E-state index < -0.39 is 6.04 Å². The highest BCUT2D eigenvalue weighted by molar-refractivity contribution is 6.01. The molecule has 1 unspecified atom stereocenters. The van der Waals surface area contributed by atoms with Crippen LogP contribution in [0.1, 0.15) is 72.9 Å². The molecule has 172 valence electrons. The zero-order valence-corrected chi connectivity index (χ0v) is 18.9. The van der Waals surface area contributed by atoms with Crippen molar-refractivity contribution < 1.29 is 14.3 Å². The second-order valence-corrected chi connectivity index (χ2v) is 10.0. The SMILES string of the molecule is C=C1CCC(N2Cc3cc(C[C@H]4CCCC[C@@H]4N[C@H]4CCCOC4)ccc3C2=O)C(=O)N1. The smallest absolute Gasteiger partial charge is 0.255 e. The summed E-state index contributed by atoms with van der Waals surface area (Å²) in [5.74, 6) is 0.492. The van der Waals surface area contributed by atoms with E-state index in [0.717, 1.165) is 49.3 Å². The molecule has 0 spiro atoms. The van der Waals surface area contributed by atoms with E-state index in [1.165, 1.54) is 37.7 Å². The molecule has 2 N–H and O–H groups in total. The topological polar surface area (TPSA) is 70.7 Å². The number of amides is 2. The lowest BCUT2D eigenvalue weighted by Gasteiger charge is -2.36. The third-order valence-electron chi connectivity index (χ3n) is 7.72. The van der Waals surface area contributed by atoms with Gasteiger partial charge in [0.25, 0.3) is 5.91 Å². The van der Waals surface area contributed by atoms with Crippen LogP contribution >= 0.6 is 0 Å². The number of carbonyl (C=O) groups excluding carboxylic acids is 2. The van der Waals surface area contributed by atoms with E-state index in [0.29, 0.717) is 31.0 Å². The first-order valence-electron chi connectivity index (χ1n) is 12.3. The summed E-state index contributed by atoms with van der Waals surface area (Å²) in [4.78, 5) is 27.2. The zero-order chi connectivity index (χ0) is 22.1. The number of piperidine rings is 1. The Balaban J connectivity index is 1.26. The highest BCUT2D eigenvalue weighted by atomic mass is 16.5. The summed E-state index contributed by atoms with van der Waals surface area (Å²) in [5, 5.41) is 6.72. The molecule has 1 saturated carbocycles. The standard InChI is InChI=1S/C26H35N3O3/c1-17-8-11-24(25(30)27-17)29-15-20-14-18(9-10-22(20)26(29)31)13-19-5-2-3-7-23(19)28-21-6-4-12-32-16-21/h9-10,14,19,21,23-24,28H,1-8,11-13,15-16H2,(H,27,30)/t19-,21+,23+,24?/m1/s1. The van der Waals surface area contributed by atoms with E-state index in [2.05, 4.69) is 29.3 Å². The van der Waals surface area contributed by atoms with Gasteiger partial charge in [-0.05, 0) is 68.1 Å². The van der Waals surface area contributed by atoms with Crippen LogP contribution < -0.4 is 10.6 Å². The molecule has 1 aromatic rings. The van der Waals surface area contributed by atoms with Crippen molar-refractivity contribution in [3.8, 4) is 0 Å². The van der Waals surface area contributed by atoms with Crippen molar-refractivity contribution in [2.24, 2.45) is 5.92 Å². The number of allylic oxidation sites excluding steroid dienone is 1. The Morgan fingerprint density at radius 3 is 2.81 bits per heavy atom. The van der Waals surface area contributed by atoms with Gasteiger partial charge in [-0.3, -0.25) is 9.59 Å². The van der Waals surface area contributed by atoms with E-state index in [4.69, 9.17) is 4.74 Å². The van der Waals surface area contributed by atoms with E-state index in [9.17, 15) is 9.59 Å². The van der Waals surface area contributed by atoms with Gasteiger partial charge in [0.05, 0.1) is 6.61 Å². The van der Waals surface area contributed by atoms with E-state index in [1.54, 1.807) is 4.90 Å². The number of ether oxygens (including phenoxy) is 1. The second-order valence-electron chi connectivity index (χ2n) is 10.0. The second kappa shape index (κ2) is 9.36. The molecule has 1 aromatic carbocycles. The molecule has 5 rings (SSSR count). The average Bonchev–Trinajstić information content (AvgIpc) is 3.11. The van der Waals surface area contributed by atoms with Crippen molar-refractivity contribution in [1.29, 1.82) is 0 Å². The number of nitrogens with zero attached hydrogens (tertiary/aromatic N) is 1. The number of nitrogens with one attached hydrogen (secondary N) is 2. The molecule has 2 amide bonds. The van der Waals surface area contributed by atoms with Gasteiger partial charge in [-0.15, -0.1) is 0 Å². The molecule has 2 saturated heterocycles. The number of hydrogen-bond acceptors (Lipinski definition) is 4. The molecule has 0 aromatic heterocycles. The normalized spacial score (nSPS) is 30.9. The highest BCUT2D eigenvalue weighted by Gasteiger charge is 2.38. The van der Waals surface area contributed by atoms with Crippen LogP contribution in [0.15, 0.2) is 30.5 Å². The van der Waals surface area contributed by atoms with Crippen LogP contribution in [0.25, 0.3) is 0 Å². The van der Waals surface area contributed by atoms with E-state index in [1.807, 2.05) is 6.07 Å². The fourth-order valence-electron chi connectivity index (χ4n) is 5.98. The number of rotatable bonds is 5. The van der Waals surface area contributed by atoms with Gasteiger partial charge in [-0.1, -0.05) is 31.6 Å². The van der Waals surface area contributed by atoms with Crippen molar-refractivity contribution in [1.82, 2.24) is 15.5 Å². The van der Waals surface area contributed by atoms with Crippen LogP contribution in [0.3, 0.4) is 0 Å². The van der Waals surface area contributed by atoms with Crippen LogP contribution in [0.2, 0.25) is 0 Å². The largest absolute Gasteiger partial charge is 0.380 e. The quantitative estimate of drug-likeness (QED) is 0.742. The lowest BCUT2D eigenvalue weighted by Crippen LogP contribution is -2.49. The van der Waals surface area contributed by atoms with Crippen LogP contribution in [-0.2, 0) is 22.5 Å². The number of carbonyl (C=O) groups is 2. The van der Waals surface area contributed by atoms with Gasteiger partial charge in [0.15, 0.2) is 0 Å². The first-order valence-corrected chi connectivity index (χ1v) is 12.3. The highest BCUT2D eigenvalue weighted by Crippen LogP contribution is 2.32. The Bertz CT molecular complexity index is 892. The van der Waals surface area contributed by atoms with Gasteiger partial charge in [-0.25, -0.2) is 0 Å². The summed E-state index contributed by atoms with van der Waals surface area (Å²) in [5.41, 5.74) is 3.86. The summed E-state index contributed by atoms with van der Waals surface area (Å²) >= 11 is 0. The maximum Gasteiger partial charge on any atom is 0.255 e. The number of benzene rings is 1. The Kier molecular flexibility index (Phi) is 6.33. The van der Waals surface area contributed by atoms with Gasteiger partial charge < -0.3 is 20.3 Å². The first-order chi connectivity index (χ1) is 15.6. The van der Waals surface area contributed by atoms with Crippen molar-refractivity contribution >= 4 is 11.8 Å². The van der Waals surface area contributed by atoms with Crippen molar-refractivity contribution in [3.05, 3.63) is 47.2 Å². The molecular weight excluding hydrogens is 402 g/mol. The summed E-state index contributed by atoms with van der Waals surface area (Å²) in [7, 11) is 0. The minimum atomic E-state index is -0.395. The lowest BCUT2D eigenvalue weighted by molar-refractivity contribution is -0.126. The van der Waals surface area contributed by atoms with Gasteiger partial charge in [0, 0.05) is 36.5 Å². The summed E-state index contributed by atoms with van der Waals surface area (Å²) in [6, 6.07) is 6.95. The molecular formula is C26H35N3O3. The summed E-state index contributed by atoms with van der Waals surface area (Å²) < 4.78 is 5.68. The molecule has 6 heteroatoms. The molecule has 4 aliphatic rings.